The van der Waals surface area contributed by atoms with Crippen LogP contribution in [-0.2, 0) is 5.60 Å². The van der Waals surface area contributed by atoms with Crippen LogP contribution in [0.4, 0.5) is 0 Å². The van der Waals surface area contributed by atoms with Crippen LogP contribution >= 0.6 is 15.9 Å². The predicted octanol–water partition coefficient (Wildman–Crippen LogP) is 4.32. The zero-order chi connectivity index (χ0) is 13.3. The second-order valence-corrected chi connectivity index (χ2v) is 5.78. The van der Waals surface area contributed by atoms with Gasteiger partial charge in [0.15, 0.2) is 0 Å². The highest BCUT2D eigenvalue weighted by atomic mass is 79.9. The van der Waals surface area contributed by atoms with Crippen molar-refractivity contribution < 1.29 is 5.11 Å². The van der Waals surface area contributed by atoms with E-state index in [-0.39, 0.29) is 0 Å². The standard InChI is InChI=1S/C16H17BrO/c1-11-8-12(2)10-13(9-11)16(3,18)14-6-4-5-7-15(14)17/h4-10,18H,1-3H3. The fourth-order valence-corrected chi connectivity index (χ4v) is 2.94. The van der Waals surface area contributed by atoms with Crippen LogP contribution in [0.2, 0.25) is 0 Å². The van der Waals surface area contributed by atoms with Gasteiger partial charge in [-0.1, -0.05) is 63.5 Å². The van der Waals surface area contributed by atoms with E-state index in [1.165, 1.54) is 0 Å². The Morgan fingerprint density at radius 3 is 2.11 bits per heavy atom. The summed E-state index contributed by atoms with van der Waals surface area (Å²) >= 11 is 3.51. The Labute approximate surface area is 117 Å². The minimum Gasteiger partial charge on any atom is -0.381 e. The molecule has 18 heavy (non-hydrogen) atoms. The van der Waals surface area contributed by atoms with Crippen molar-refractivity contribution in [2.24, 2.45) is 0 Å². The zero-order valence-electron chi connectivity index (χ0n) is 10.9. The van der Waals surface area contributed by atoms with E-state index in [1.54, 1.807) is 0 Å². The van der Waals surface area contributed by atoms with E-state index < -0.39 is 5.60 Å². The first-order valence-corrected chi connectivity index (χ1v) is 6.76. The van der Waals surface area contributed by atoms with Crippen molar-refractivity contribution in [2.45, 2.75) is 26.4 Å². The molecule has 0 bridgehead atoms. The van der Waals surface area contributed by atoms with E-state index >= 15 is 0 Å². The SMILES string of the molecule is Cc1cc(C)cc(C(C)(O)c2ccccc2Br)c1. The second kappa shape index (κ2) is 4.87. The minimum absolute atomic E-state index is 0.884. The molecular formula is C16H17BrO. The van der Waals surface area contributed by atoms with Gasteiger partial charge in [-0.3, -0.25) is 0 Å². The summed E-state index contributed by atoms with van der Waals surface area (Å²) in [6.45, 7) is 5.93. The first kappa shape index (κ1) is 13.3. The lowest BCUT2D eigenvalue weighted by molar-refractivity contribution is 0.101. The lowest BCUT2D eigenvalue weighted by Gasteiger charge is -2.26. The van der Waals surface area contributed by atoms with Gasteiger partial charge in [0.05, 0.1) is 0 Å². The molecule has 0 aromatic heterocycles. The van der Waals surface area contributed by atoms with Gasteiger partial charge in [-0.15, -0.1) is 0 Å². The molecule has 0 heterocycles. The van der Waals surface area contributed by atoms with Crippen molar-refractivity contribution in [3.8, 4) is 0 Å². The summed E-state index contributed by atoms with van der Waals surface area (Å²) in [7, 11) is 0. The fraction of sp³-hybridized carbons (Fsp3) is 0.250. The summed E-state index contributed by atoms with van der Waals surface area (Å²) in [6, 6.07) is 14.0. The highest BCUT2D eigenvalue weighted by Gasteiger charge is 2.27. The van der Waals surface area contributed by atoms with Crippen LogP contribution in [-0.4, -0.2) is 5.11 Å². The molecule has 1 unspecified atom stereocenters. The molecule has 0 aliphatic carbocycles. The molecule has 1 nitrogen and oxygen atoms in total. The summed E-state index contributed by atoms with van der Waals surface area (Å²) in [6.07, 6.45) is 0. The van der Waals surface area contributed by atoms with Gasteiger partial charge >= 0.3 is 0 Å². The van der Waals surface area contributed by atoms with E-state index in [0.717, 1.165) is 26.7 Å². The molecule has 2 aromatic rings. The number of hydrogen-bond donors (Lipinski definition) is 1. The molecule has 0 saturated heterocycles. The monoisotopic (exact) mass is 304 g/mol. The minimum atomic E-state index is -0.989. The van der Waals surface area contributed by atoms with Crippen molar-refractivity contribution in [1.29, 1.82) is 0 Å². The average Bonchev–Trinajstić information content (AvgIpc) is 2.28. The lowest BCUT2D eigenvalue weighted by atomic mass is 9.86. The van der Waals surface area contributed by atoms with E-state index in [4.69, 9.17) is 0 Å². The van der Waals surface area contributed by atoms with E-state index in [1.807, 2.05) is 57.2 Å². The van der Waals surface area contributed by atoms with Gasteiger partial charge in [-0.2, -0.15) is 0 Å². The van der Waals surface area contributed by atoms with Gasteiger partial charge in [0.25, 0.3) is 0 Å². The number of aryl methyl sites for hydroxylation is 2. The highest BCUT2D eigenvalue weighted by molar-refractivity contribution is 9.10. The topological polar surface area (TPSA) is 20.2 Å². The third-order valence-corrected chi connectivity index (χ3v) is 3.87. The molecule has 1 atom stereocenters. The van der Waals surface area contributed by atoms with Crippen LogP contribution in [0.3, 0.4) is 0 Å². The molecule has 0 saturated carbocycles. The molecular weight excluding hydrogens is 288 g/mol. The lowest BCUT2D eigenvalue weighted by Crippen LogP contribution is -2.23. The Hall–Kier alpha value is -1.12. The van der Waals surface area contributed by atoms with Crippen LogP contribution in [0, 0.1) is 13.8 Å². The van der Waals surface area contributed by atoms with Crippen molar-refractivity contribution in [2.75, 3.05) is 0 Å². The summed E-state index contributed by atoms with van der Waals surface area (Å²) in [5.74, 6) is 0. The Morgan fingerprint density at radius 1 is 1.00 bits per heavy atom. The Balaban J connectivity index is 2.57. The van der Waals surface area contributed by atoms with Crippen LogP contribution < -0.4 is 0 Å². The fourth-order valence-electron chi connectivity index (χ4n) is 2.27. The van der Waals surface area contributed by atoms with Gasteiger partial charge in [-0.05, 0) is 32.4 Å². The predicted molar refractivity (Wildman–Crippen MR) is 78.7 cm³/mol. The maximum absolute atomic E-state index is 10.9. The quantitative estimate of drug-likeness (QED) is 0.876. The number of rotatable bonds is 2. The Bertz CT molecular complexity index is 553. The molecule has 0 amide bonds. The van der Waals surface area contributed by atoms with Crippen LogP contribution in [0.15, 0.2) is 46.9 Å². The van der Waals surface area contributed by atoms with Crippen molar-refractivity contribution >= 4 is 15.9 Å². The number of hydrogen-bond acceptors (Lipinski definition) is 1. The number of benzene rings is 2. The third-order valence-electron chi connectivity index (χ3n) is 3.18. The van der Waals surface area contributed by atoms with Crippen molar-refractivity contribution in [3.05, 3.63) is 69.2 Å². The number of aliphatic hydroxyl groups is 1. The van der Waals surface area contributed by atoms with Crippen molar-refractivity contribution in [3.63, 3.8) is 0 Å². The third kappa shape index (κ3) is 2.50. The van der Waals surface area contributed by atoms with Gasteiger partial charge in [0.1, 0.15) is 5.60 Å². The normalized spacial score (nSPS) is 14.3. The van der Waals surface area contributed by atoms with Crippen molar-refractivity contribution in [1.82, 2.24) is 0 Å². The van der Waals surface area contributed by atoms with Gasteiger partial charge < -0.3 is 5.11 Å². The Kier molecular flexibility index (Phi) is 3.60. The smallest absolute Gasteiger partial charge is 0.113 e. The Morgan fingerprint density at radius 2 is 1.56 bits per heavy atom. The van der Waals surface area contributed by atoms with E-state index in [0.29, 0.717) is 0 Å². The largest absolute Gasteiger partial charge is 0.381 e. The molecule has 2 rings (SSSR count). The average molecular weight is 305 g/mol. The maximum atomic E-state index is 10.9. The maximum Gasteiger partial charge on any atom is 0.113 e. The molecule has 2 aromatic carbocycles. The van der Waals surface area contributed by atoms with Crippen LogP contribution in [0.25, 0.3) is 0 Å². The zero-order valence-corrected chi connectivity index (χ0v) is 12.5. The molecule has 0 fully saturated rings. The van der Waals surface area contributed by atoms with Gasteiger partial charge in [-0.25, -0.2) is 0 Å². The molecule has 2 heteroatoms. The van der Waals surface area contributed by atoms with Crippen LogP contribution in [0.1, 0.15) is 29.2 Å². The molecule has 1 N–H and O–H groups in total. The van der Waals surface area contributed by atoms with E-state index in [2.05, 4.69) is 22.0 Å². The first-order chi connectivity index (χ1) is 8.41. The molecule has 0 spiro atoms. The summed E-state index contributed by atoms with van der Waals surface area (Å²) in [4.78, 5) is 0. The van der Waals surface area contributed by atoms with Crippen LogP contribution in [0.5, 0.6) is 0 Å². The summed E-state index contributed by atoms with van der Waals surface area (Å²) < 4.78 is 0.925. The van der Waals surface area contributed by atoms with Gasteiger partial charge in [0.2, 0.25) is 0 Å². The number of halogens is 1. The second-order valence-electron chi connectivity index (χ2n) is 4.93. The molecule has 0 aliphatic rings. The first-order valence-electron chi connectivity index (χ1n) is 5.97. The molecule has 0 radical (unpaired) electrons. The van der Waals surface area contributed by atoms with Gasteiger partial charge in [0, 0.05) is 10.0 Å². The summed E-state index contributed by atoms with van der Waals surface area (Å²) in [5.41, 5.74) is 3.15. The molecule has 0 aliphatic heterocycles. The highest BCUT2D eigenvalue weighted by Crippen LogP contribution is 2.34. The summed E-state index contributed by atoms with van der Waals surface area (Å²) in [5, 5.41) is 10.9. The molecule has 94 valence electrons. The van der Waals surface area contributed by atoms with E-state index in [9.17, 15) is 5.11 Å².